The topological polar surface area (TPSA) is 104 Å². The van der Waals surface area contributed by atoms with Gasteiger partial charge in [-0.15, -0.1) is 11.8 Å². The molecule has 0 bridgehead atoms. The number of para-hydroxylation sites is 2. The van der Waals surface area contributed by atoms with Crippen LogP contribution in [0.3, 0.4) is 0 Å². The Balaban J connectivity index is 1.14. The van der Waals surface area contributed by atoms with Crippen molar-refractivity contribution < 1.29 is 18.8 Å². The van der Waals surface area contributed by atoms with Gasteiger partial charge in [0.05, 0.1) is 18.8 Å². The maximum Gasteiger partial charge on any atom is 0.251 e. The van der Waals surface area contributed by atoms with E-state index in [1.165, 1.54) is 0 Å². The Kier molecular flexibility index (Phi) is 9.98. The first kappa shape index (κ1) is 33.1. The molecule has 0 radical (unpaired) electrons. The third kappa shape index (κ3) is 7.64. The minimum absolute atomic E-state index is 0.111. The third-order valence-electron chi connectivity index (χ3n) is 8.40. The molecule has 5 aromatic rings. The lowest BCUT2D eigenvalue weighted by atomic mass is 9.98. The molecule has 6 rings (SSSR count). The maximum absolute atomic E-state index is 14.1. The van der Waals surface area contributed by atoms with Crippen molar-refractivity contribution >= 4 is 46.1 Å². The molecule has 1 unspecified atom stereocenters. The number of anilines is 1. The SMILES string of the molecule is CCNC(=O)c1ccccc1-c1ccc(CN2C(=O)C(NC(=O)CC(C)(C)NCc3cc4ccccc4o3)CSc3ccccc32)cc1. The molecule has 1 atom stereocenters. The van der Waals surface area contributed by atoms with Gasteiger partial charge in [0.15, 0.2) is 0 Å². The largest absolute Gasteiger partial charge is 0.460 e. The van der Waals surface area contributed by atoms with E-state index in [-0.39, 0.29) is 24.1 Å². The quantitative estimate of drug-likeness (QED) is 0.142. The van der Waals surface area contributed by atoms with Gasteiger partial charge in [0.1, 0.15) is 17.4 Å². The molecule has 0 fully saturated rings. The molecule has 0 saturated heterocycles. The fraction of sp³-hybridized carbons (Fsp3) is 0.256. The summed E-state index contributed by atoms with van der Waals surface area (Å²) in [6, 6.07) is 32.5. The van der Waals surface area contributed by atoms with Gasteiger partial charge in [-0.3, -0.25) is 14.4 Å². The van der Waals surface area contributed by atoms with Gasteiger partial charge >= 0.3 is 0 Å². The van der Waals surface area contributed by atoms with Gasteiger partial charge in [-0.05, 0) is 67.8 Å². The van der Waals surface area contributed by atoms with Gasteiger partial charge in [-0.1, -0.05) is 72.8 Å². The van der Waals surface area contributed by atoms with Crippen molar-refractivity contribution in [3.63, 3.8) is 0 Å². The van der Waals surface area contributed by atoms with Crippen LogP contribution in [0.1, 0.15) is 48.9 Å². The van der Waals surface area contributed by atoms with E-state index in [0.29, 0.717) is 31.0 Å². The van der Waals surface area contributed by atoms with E-state index in [1.807, 2.05) is 124 Å². The number of carbonyl (C=O) groups is 3. The summed E-state index contributed by atoms with van der Waals surface area (Å²) in [5.74, 6) is 0.768. The lowest BCUT2D eigenvalue weighted by molar-refractivity contribution is -0.127. The summed E-state index contributed by atoms with van der Waals surface area (Å²) in [6.45, 7) is 7.21. The highest BCUT2D eigenvalue weighted by Gasteiger charge is 2.33. The Morgan fingerprint density at radius 3 is 2.46 bits per heavy atom. The first-order valence-electron chi connectivity index (χ1n) is 16.2. The molecule has 3 N–H and O–H groups in total. The highest BCUT2D eigenvalue weighted by Crippen LogP contribution is 2.35. The smallest absolute Gasteiger partial charge is 0.251 e. The summed E-state index contributed by atoms with van der Waals surface area (Å²) in [5.41, 5.74) is 4.43. The average Bonchev–Trinajstić information content (AvgIpc) is 3.47. The first-order valence-corrected chi connectivity index (χ1v) is 17.2. The van der Waals surface area contributed by atoms with E-state index in [4.69, 9.17) is 4.42 Å². The highest BCUT2D eigenvalue weighted by atomic mass is 32.2. The summed E-state index contributed by atoms with van der Waals surface area (Å²) in [5, 5.41) is 10.4. The van der Waals surface area contributed by atoms with E-state index < -0.39 is 11.6 Å². The van der Waals surface area contributed by atoms with Gasteiger partial charge < -0.3 is 25.3 Å². The number of fused-ring (bicyclic) bond motifs is 2. The number of furan rings is 1. The minimum Gasteiger partial charge on any atom is -0.460 e. The van der Waals surface area contributed by atoms with Gasteiger partial charge in [-0.2, -0.15) is 0 Å². The number of carbonyl (C=O) groups excluding carboxylic acids is 3. The molecule has 1 aliphatic heterocycles. The molecule has 48 heavy (non-hydrogen) atoms. The molecule has 2 heterocycles. The molecule has 246 valence electrons. The van der Waals surface area contributed by atoms with Crippen LogP contribution in [0.2, 0.25) is 0 Å². The molecule has 8 nitrogen and oxygen atoms in total. The summed E-state index contributed by atoms with van der Waals surface area (Å²) in [4.78, 5) is 42.9. The van der Waals surface area contributed by atoms with Crippen LogP contribution in [-0.4, -0.2) is 41.6 Å². The number of nitrogens with zero attached hydrogens (tertiary/aromatic N) is 1. The molecule has 0 spiro atoms. The monoisotopic (exact) mass is 660 g/mol. The van der Waals surface area contributed by atoms with Crippen LogP contribution in [0.15, 0.2) is 112 Å². The van der Waals surface area contributed by atoms with Crippen molar-refractivity contribution in [1.82, 2.24) is 16.0 Å². The number of amides is 3. The van der Waals surface area contributed by atoms with Crippen LogP contribution < -0.4 is 20.9 Å². The molecule has 1 aliphatic rings. The molecule has 3 amide bonds. The fourth-order valence-corrected chi connectivity index (χ4v) is 7.01. The van der Waals surface area contributed by atoms with Crippen LogP contribution in [0.25, 0.3) is 22.1 Å². The maximum atomic E-state index is 14.1. The predicted molar refractivity (Wildman–Crippen MR) is 192 cm³/mol. The average molecular weight is 661 g/mol. The first-order chi connectivity index (χ1) is 23.2. The zero-order valence-corrected chi connectivity index (χ0v) is 28.2. The van der Waals surface area contributed by atoms with Crippen molar-refractivity contribution in [2.24, 2.45) is 0 Å². The predicted octanol–water partition coefficient (Wildman–Crippen LogP) is 6.93. The zero-order chi connectivity index (χ0) is 33.7. The van der Waals surface area contributed by atoms with Gasteiger partial charge in [0.25, 0.3) is 11.8 Å². The summed E-state index contributed by atoms with van der Waals surface area (Å²) in [7, 11) is 0. The second kappa shape index (κ2) is 14.5. The lowest BCUT2D eigenvalue weighted by Gasteiger charge is -2.28. The Morgan fingerprint density at radius 1 is 0.938 bits per heavy atom. The Bertz CT molecular complexity index is 1900. The normalized spacial score (nSPS) is 14.8. The zero-order valence-electron chi connectivity index (χ0n) is 27.4. The van der Waals surface area contributed by atoms with Crippen molar-refractivity contribution in [2.75, 3.05) is 17.2 Å². The van der Waals surface area contributed by atoms with Crippen LogP contribution in [0.5, 0.6) is 0 Å². The van der Waals surface area contributed by atoms with Crippen molar-refractivity contribution in [3.8, 4) is 11.1 Å². The Morgan fingerprint density at radius 2 is 1.67 bits per heavy atom. The highest BCUT2D eigenvalue weighted by molar-refractivity contribution is 7.99. The molecule has 9 heteroatoms. The van der Waals surface area contributed by atoms with E-state index in [2.05, 4.69) is 16.0 Å². The van der Waals surface area contributed by atoms with Gasteiger partial charge in [0.2, 0.25) is 5.91 Å². The van der Waals surface area contributed by atoms with Crippen molar-refractivity contribution in [3.05, 3.63) is 120 Å². The minimum atomic E-state index is -0.690. The number of hydrogen-bond donors (Lipinski definition) is 3. The second-order valence-electron chi connectivity index (χ2n) is 12.6. The number of benzene rings is 4. The summed E-state index contributed by atoms with van der Waals surface area (Å²) < 4.78 is 5.93. The summed E-state index contributed by atoms with van der Waals surface area (Å²) in [6.07, 6.45) is 0.188. The molecule has 4 aromatic carbocycles. The van der Waals surface area contributed by atoms with Crippen molar-refractivity contribution in [2.45, 2.75) is 56.8 Å². The van der Waals surface area contributed by atoms with Crippen LogP contribution in [0, 0.1) is 0 Å². The van der Waals surface area contributed by atoms with Gasteiger partial charge in [0, 0.05) is 40.1 Å². The summed E-state index contributed by atoms with van der Waals surface area (Å²) >= 11 is 1.57. The molecular weight excluding hydrogens is 621 g/mol. The molecular formula is C39H40N4O4S. The van der Waals surface area contributed by atoms with Gasteiger partial charge in [-0.25, -0.2) is 0 Å². The van der Waals surface area contributed by atoms with Crippen LogP contribution in [-0.2, 0) is 22.7 Å². The molecule has 1 aromatic heterocycles. The second-order valence-corrected chi connectivity index (χ2v) is 13.7. The number of hydrogen-bond acceptors (Lipinski definition) is 6. The number of nitrogens with one attached hydrogen (secondary N) is 3. The lowest BCUT2D eigenvalue weighted by Crippen LogP contribution is -2.51. The van der Waals surface area contributed by atoms with E-state index in [9.17, 15) is 14.4 Å². The fourth-order valence-electron chi connectivity index (χ4n) is 5.94. The number of rotatable bonds is 11. The number of thioether (sulfide) groups is 1. The van der Waals surface area contributed by atoms with Crippen LogP contribution >= 0.6 is 11.8 Å². The van der Waals surface area contributed by atoms with E-state index >= 15 is 0 Å². The third-order valence-corrected chi connectivity index (χ3v) is 9.55. The Labute approximate surface area is 285 Å². The molecule has 0 saturated carbocycles. The molecule has 0 aliphatic carbocycles. The van der Waals surface area contributed by atoms with Crippen LogP contribution in [0.4, 0.5) is 5.69 Å². The van der Waals surface area contributed by atoms with E-state index in [0.717, 1.165) is 44.0 Å². The standard InChI is InChI=1S/C39H40N4O4S/c1-4-40-37(45)31-13-7-6-12-30(31)27-19-17-26(18-20-27)24-43-33-14-8-10-16-35(33)48-25-32(38(43)46)42-36(44)22-39(2,3)41-23-29-21-28-11-5-9-15-34(28)47-29/h5-21,32,41H,4,22-25H2,1-3H3,(H,40,45)(H,42,44). The Hall–Kier alpha value is -4.86. The van der Waals surface area contributed by atoms with E-state index in [1.54, 1.807) is 16.7 Å². The van der Waals surface area contributed by atoms with Crippen molar-refractivity contribution in [1.29, 1.82) is 0 Å².